The molecule has 1 aromatic carbocycles. The molecule has 0 spiro atoms. The van der Waals surface area contributed by atoms with E-state index in [-0.39, 0.29) is 26.7 Å². The summed E-state index contributed by atoms with van der Waals surface area (Å²) in [6.07, 6.45) is 3.56. The summed E-state index contributed by atoms with van der Waals surface area (Å²) in [6, 6.07) is 9.59. The van der Waals surface area contributed by atoms with Crippen LogP contribution in [0.2, 0.25) is 0 Å². The molecule has 0 aliphatic carbocycles. The van der Waals surface area contributed by atoms with Crippen LogP contribution in [0.1, 0.15) is 20.3 Å². The fourth-order valence-corrected chi connectivity index (χ4v) is 1.22. The van der Waals surface area contributed by atoms with Crippen molar-refractivity contribution < 1.29 is 34.6 Å². The van der Waals surface area contributed by atoms with Gasteiger partial charge in [-0.05, 0) is 18.9 Å². The molecule has 0 saturated heterocycles. The van der Waals surface area contributed by atoms with Gasteiger partial charge in [0.1, 0.15) is 0 Å². The van der Waals surface area contributed by atoms with E-state index in [0.29, 0.717) is 6.42 Å². The zero-order chi connectivity index (χ0) is 11.8. The summed E-state index contributed by atoms with van der Waals surface area (Å²) in [7, 11) is 0. The van der Waals surface area contributed by atoms with Crippen LogP contribution in [0, 0.1) is 0 Å². The van der Waals surface area contributed by atoms with Gasteiger partial charge in [0.05, 0.1) is 6.42 Å². The summed E-state index contributed by atoms with van der Waals surface area (Å²) in [4.78, 5) is 22.2. The minimum atomic E-state index is -0.611. The Morgan fingerprint density at radius 1 is 1.29 bits per heavy atom. The van der Waals surface area contributed by atoms with Crippen LogP contribution in [0.25, 0.3) is 0 Å². The number of carbonyl (C=O) groups is 2. The first-order valence-electron chi connectivity index (χ1n) is 5.13. The molecule has 1 aromatic rings. The molecule has 0 heterocycles. The predicted molar refractivity (Wildman–Crippen MR) is 61.8 cm³/mol. The van der Waals surface area contributed by atoms with E-state index in [4.69, 9.17) is 0 Å². The maximum Gasteiger partial charge on any atom is 1.00 e. The van der Waals surface area contributed by atoms with Gasteiger partial charge in [-0.25, -0.2) is 4.79 Å². The molecule has 0 atom stereocenters. The Hall–Kier alpha value is -1.30. The second-order valence-electron chi connectivity index (χ2n) is 3.28. The molecule has 0 fully saturated rings. The van der Waals surface area contributed by atoms with Crippen molar-refractivity contribution in [2.75, 3.05) is 0 Å². The summed E-state index contributed by atoms with van der Waals surface area (Å²) < 4.78 is 4.55. The van der Waals surface area contributed by atoms with Gasteiger partial charge in [0.25, 0.3) is 0 Å². The molecule has 0 amide bonds. The predicted octanol–water partition coefficient (Wildman–Crippen LogP) is -0.618. The van der Waals surface area contributed by atoms with Gasteiger partial charge >= 0.3 is 30.8 Å². The first-order chi connectivity index (χ1) is 7.72. The average Bonchev–Trinajstić information content (AvgIpc) is 2.28. The van der Waals surface area contributed by atoms with E-state index < -0.39 is 11.9 Å². The standard InChI is InChI=1S/C13H14O3.Li.H/c1-2-6-12(14)16-13(15)10-9-11-7-4-3-5-8-11;;/h2-8H,9-10H2,1H3;;/q;+1;-1/b6-2+;;. The molecule has 0 radical (unpaired) electrons. The van der Waals surface area contributed by atoms with E-state index in [1.54, 1.807) is 6.92 Å². The van der Waals surface area contributed by atoms with Gasteiger partial charge in [-0.3, -0.25) is 4.79 Å². The number of benzene rings is 1. The Bertz CT molecular complexity index is 390. The minimum Gasteiger partial charge on any atom is -1.00 e. The third-order valence-electron chi connectivity index (χ3n) is 1.98. The number of ether oxygens (including phenoxy) is 1. The van der Waals surface area contributed by atoms with Gasteiger partial charge in [-0.15, -0.1) is 0 Å². The van der Waals surface area contributed by atoms with Gasteiger partial charge < -0.3 is 6.16 Å². The molecule has 0 unspecified atom stereocenters. The van der Waals surface area contributed by atoms with Crippen molar-refractivity contribution in [3.05, 3.63) is 48.0 Å². The molecule has 0 aromatic heterocycles. The van der Waals surface area contributed by atoms with Crippen molar-refractivity contribution in [1.29, 1.82) is 0 Å². The van der Waals surface area contributed by atoms with E-state index in [9.17, 15) is 9.59 Å². The number of hydrogen-bond acceptors (Lipinski definition) is 3. The molecule has 0 aliphatic rings. The van der Waals surface area contributed by atoms with E-state index >= 15 is 0 Å². The van der Waals surface area contributed by atoms with Crippen molar-refractivity contribution in [2.45, 2.75) is 19.8 Å². The smallest absolute Gasteiger partial charge is 1.00 e. The van der Waals surface area contributed by atoms with E-state index in [2.05, 4.69) is 4.74 Å². The Morgan fingerprint density at radius 3 is 2.53 bits per heavy atom. The summed E-state index contributed by atoms with van der Waals surface area (Å²) in [6.45, 7) is 1.69. The largest absolute Gasteiger partial charge is 1.00 e. The van der Waals surface area contributed by atoms with Crippen LogP contribution < -0.4 is 18.9 Å². The number of esters is 2. The van der Waals surface area contributed by atoms with Gasteiger partial charge in [0, 0.05) is 6.08 Å². The summed E-state index contributed by atoms with van der Waals surface area (Å²) in [5, 5.41) is 0. The summed E-state index contributed by atoms with van der Waals surface area (Å²) in [5.41, 5.74) is 1.05. The van der Waals surface area contributed by atoms with Crippen LogP contribution >= 0.6 is 0 Å². The minimum absolute atomic E-state index is 0. The molecular formula is C13H15LiO3. The molecule has 0 bridgehead atoms. The second-order valence-corrected chi connectivity index (χ2v) is 3.28. The second kappa shape index (κ2) is 8.80. The first-order valence-corrected chi connectivity index (χ1v) is 5.13. The molecule has 0 N–H and O–H groups in total. The Labute approximate surface area is 115 Å². The summed E-state index contributed by atoms with van der Waals surface area (Å²) >= 11 is 0. The number of aryl methyl sites for hydroxylation is 1. The Balaban J connectivity index is 0. The molecular weight excluding hydrogens is 211 g/mol. The van der Waals surface area contributed by atoms with Crippen molar-refractivity contribution in [3.63, 3.8) is 0 Å². The van der Waals surface area contributed by atoms with Crippen LogP contribution in [0.15, 0.2) is 42.5 Å². The SMILES string of the molecule is C/C=C/C(=O)OC(=O)CCc1ccccc1.[H-].[Li+]. The first kappa shape index (κ1) is 15.7. The molecule has 1 rings (SSSR count). The molecule has 3 nitrogen and oxygen atoms in total. The Kier molecular flexibility index (Phi) is 8.13. The third kappa shape index (κ3) is 6.78. The van der Waals surface area contributed by atoms with Crippen LogP contribution in [-0.2, 0) is 20.7 Å². The van der Waals surface area contributed by atoms with Crippen LogP contribution in [0.3, 0.4) is 0 Å². The Morgan fingerprint density at radius 2 is 1.94 bits per heavy atom. The van der Waals surface area contributed by atoms with Crippen molar-refractivity contribution in [2.24, 2.45) is 0 Å². The van der Waals surface area contributed by atoms with E-state index in [1.807, 2.05) is 30.3 Å². The van der Waals surface area contributed by atoms with Crippen LogP contribution in [0.5, 0.6) is 0 Å². The van der Waals surface area contributed by atoms with E-state index in [1.165, 1.54) is 12.2 Å². The van der Waals surface area contributed by atoms with E-state index in [0.717, 1.165) is 5.56 Å². The van der Waals surface area contributed by atoms with Crippen molar-refractivity contribution in [3.8, 4) is 0 Å². The molecule has 0 saturated carbocycles. The topological polar surface area (TPSA) is 43.4 Å². The van der Waals surface area contributed by atoms with Crippen LogP contribution in [0.4, 0.5) is 0 Å². The fraction of sp³-hybridized carbons (Fsp3) is 0.231. The normalized spacial score (nSPS) is 9.71. The zero-order valence-corrected chi connectivity index (χ0v) is 10.2. The number of rotatable bonds is 4. The van der Waals surface area contributed by atoms with Gasteiger partial charge in [0.15, 0.2) is 0 Å². The maximum atomic E-state index is 11.2. The summed E-state index contributed by atoms with van der Waals surface area (Å²) in [5.74, 6) is -1.10. The number of allylic oxidation sites excluding steroid dienone is 1. The van der Waals surface area contributed by atoms with Crippen LogP contribution in [-0.4, -0.2) is 11.9 Å². The van der Waals surface area contributed by atoms with Crippen molar-refractivity contribution >= 4 is 11.9 Å². The monoisotopic (exact) mass is 226 g/mol. The number of hydrogen-bond donors (Lipinski definition) is 0. The van der Waals surface area contributed by atoms with Gasteiger partial charge in [-0.2, -0.15) is 0 Å². The third-order valence-corrected chi connectivity index (χ3v) is 1.98. The zero-order valence-electron chi connectivity index (χ0n) is 11.2. The molecule has 4 heteroatoms. The fourth-order valence-electron chi connectivity index (χ4n) is 1.22. The maximum absolute atomic E-state index is 11.2. The van der Waals surface area contributed by atoms with Gasteiger partial charge in [-0.1, -0.05) is 36.4 Å². The quantitative estimate of drug-likeness (QED) is 0.297. The number of carbonyl (C=O) groups excluding carboxylic acids is 2. The molecule has 17 heavy (non-hydrogen) atoms. The van der Waals surface area contributed by atoms with Gasteiger partial charge in [0.2, 0.25) is 0 Å². The molecule has 0 aliphatic heterocycles. The average molecular weight is 226 g/mol. The van der Waals surface area contributed by atoms with Crippen molar-refractivity contribution in [1.82, 2.24) is 0 Å². The molecule has 86 valence electrons.